The van der Waals surface area contributed by atoms with Crippen molar-refractivity contribution in [3.63, 3.8) is 0 Å². The standard InChI is InChI=1S/C10H14F3N/c1-4-5-9(8(3)14)6-7(2)10(11,12)13/h4-6,8H,1,14H2,2-3H3/b7-6+,9-5+/t8-/m1/s1. The van der Waals surface area contributed by atoms with Crippen LogP contribution in [0.3, 0.4) is 0 Å². The molecule has 2 N–H and O–H groups in total. The fraction of sp³-hybridized carbons (Fsp3) is 0.400. The molecule has 0 rings (SSSR count). The molecule has 1 nitrogen and oxygen atoms in total. The lowest BCUT2D eigenvalue weighted by Gasteiger charge is -2.10. The number of nitrogens with two attached hydrogens (primary N) is 1. The number of rotatable bonds is 3. The fourth-order valence-corrected chi connectivity index (χ4v) is 0.799. The summed E-state index contributed by atoms with van der Waals surface area (Å²) in [5.41, 5.74) is 5.23. The Balaban J connectivity index is 4.92. The van der Waals surface area contributed by atoms with Crippen LogP contribution >= 0.6 is 0 Å². The van der Waals surface area contributed by atoms with Crippen molar-refractivity contribution in [1.82, 2.24) is 0 Å². The average Bonchev–Trinajstić information content (AvgIpc) is 2.01. The summed E-state index contributed by atoms with van der Waals surface area (Å²) in [5, 5.41) is 0. The first-order valence-electron chi connectivity index (χ1n) is 4.12. The second-order valence-electron chi connectivity index (χ2n) is 3.02. The third kappa shape index (κ3) is 4.28. The first-order valence-corrected chi connectivity index (χ1v) is 4.12. The molecular weight excluding hydrogens is 191 g/mol. The molecule has 0 unspecified atom stereocenters. The van der Waals surface area contributed by atoms with Crippen LogP contribution in [0.15, 0.2) is 36.0 Å². The van der Waals surface area contributed by atoms with E-state index in [1.54, 1.807) is 6.92 Å². The van der Waals surface area contributed by atoms with E-state index in [2.05, 4.69) is 6.58 Å². The Morgan fingerprint density at radius 3 is 2.21 bits per heavy atom. The highest BCUT2D eigenvalue weighted by Crippen LogP contribution is 2.26. The van der Waals surface area contributed by atoms with Crippen molar-refractivity contribution in [3.8, 4) is 0 Å². The second kappa shape index (κ2) is 5.00. The normalized spacial score (nSPS) is 16.7. The van der Waals surface area contributed by atoms with Gasteiger partial charge in [-0.2, -0.15) is 13.2 Å². The van der Waals surface area contributed by atoms with Gasteiger partial charge in [0.1, 0.15) is 0 Å². The van der Waals surface area contributed by atoms with Gasteiger partial charge in [-0.1, -0.05) is 18.7 Å². The summed E-state index contributed by atoms with van der Waals surface area (Å²) < 4.78 is 36.5. The molecule has 0 aromatic carbocycles. The quantitative estimate of drug-likeness (QED) is 0.704. The van der Waals surface area contributed by atoms with Crippen LogP contribution in [0, 0.1) is 0 Å². The number of hydrogen-bond donors (Lipinski definition) is 1. The van der Waals surface area contributed by atoms with E-state index in [1.165, 1.54) is 12.2 Å². The molecule has 0 aliphatic rings. The van der Waals surface area contributed by atoms with E-state index in [1.807, 2.05) is 0 Å². The van der Waals surface area contributed by atoms with E-state index in [-0.39, 0.29) is 0 Å². The lowest BCUT2D eigenvalue weighted by atomic mass is 10.1. The van der Waals surface area contributed by atoms with Crippen molar-refractivity contribution in [2.24, 2.45) is 5.73 Å². The Hall–Kier alpha value is -1.03. The minimum atomic E-state index is -4.30. The van der Waals surface area contributed by atoms with Crippen molar-refractivity contribution >= 4 is 0 Å². The second-order valence-corrected chi connectivity index (χ2v) is 3.02. The van der Waals surface area contributed by atoms with Crippen LogP contribution in [0.1, 0.15) is 13.8 Å². The molecule has 0 aromatic heterocycles. The molecule has 0 fully saturated rings. The highest BCUT2D eigenvalue weighted by atomic mass is 19.4. The highest BCUT2D eigenvalue weighted by Gasteiger charge is 2.30. The topological polar surface area (TPSA) is 26.0 Å². The predicted octanol–water partition coefficient (Wildman–Crippen LogP) is 2.95. The SMILES string of the molecule is C=C/C=C(\C=C(/C)C(F)(F)F)[C@@H](C)N. The van der Waals surface area contributed by atoms with E-state index in [4.69, 9.17) is 5.73 Å². The van der Waals surface area contributed by atoms with Crippen molar-refractivity contribution in [1.29, 1.82) is 0 Å². The van der Waals surface area contributed by atoms with Crippen molar-refractivity contribution in [2.45, 2.75) is 26.1 Å². The molecule has 0 radical (unpaired) electrons. The Morgan fingerprint density at radius 2 is 1.93 bits per heavy atom. The minimum Gasteiger partial charge on any atom is -0.324 e. The Morgan fingerprint density at radius 1 is 1.43 bits per heavy atom. The first-order chi connectivity index (χ1) is 6.29. The van der Waals surface area contributed by atoms with Gasteiger partial charge in [-0.15, -0.1) is 0 Å². The first kappa shape index (κ1) is 13.0. The summed E-state index contributed by atoms with van der Waals surface area (Å²) in [6, 6.07) is -0.440. The zero-order chi connectivity index (χ0) is 11.4. The van der Waals surface area contributed by atoms with Crippen LogP contribution in [-0.4, -0.2) is 12.2 Å². The molecule has 0 bridgehead atoms. The van der Waals surface area contributed by atoms with Gasteiger partial charge >= 0.3 is 6.18 Å². The van der Waals surface area contributed by atoms with Crippen molar-refractivity contribution < 1.29 is 13.2 Å². The molecule has 0 saturated carbocycles. The molecule has 0 aliphatic carbocycles. The Bertz CT molecular complexity index is 259. The molecule has 4 heteroatoms. The summed E-state index contributed by atoms with van der Waals surface area (Å²) in [7, 11) is 0. The molecule has 0 amide bonds. The van der Waals surface area contributed by atoms with Crippen molar-refractivity contribution in [3.05, 3.63) is 36.0 Å². The molecule has 0 aromatic rings. The number of halogens is 3. The van der Waals surface area contributed by atoms with E-state index >= 15 is 0 Å². The minimum absolute atomic E-state index is 0.412. The molecular formula is C10H14F3N. The zero-order valence-corrected chi connectivity index (χ0v) is 8.23. The molecule has 80 valence electrons. The molecule has 0 aliphatic heterocycles. The third-order valence-corrected chi connectivity index (χ3v) is 1.67. The molecule has 1 atom stereocenters. The van der Waals surface area contributed by atoms with Gasteiger partial charge in [0.25, 0.3) is 0 Å². The maximum atomic E-state index is 12.2. The average molecular weight is 205 g/mol. The van der Waals surface area contributed by atoms with Gasteiger partial charge in [-0.3, -0.25) is 0 Å². The Kier molecular flexibility index (Phi) is 4.63. The smallest absolute Gasteiger partial charge is 0.324 e. The van der Waals surface area contributed by atoms with Gasteiger partial charge in [0.15, 0.2) is 0 Å². The highest BCUT2D eigenvalue weighted by molar-refractivity contribution is 5.31. The van der Waals surface area contributed by atoms with Crippen LogP contribution in [0.25, 0.3) is 0 Å². The molecule has 0 heterocycles. The van der Waals surface area contributed by atoms with Crippen LogP contribution in [-0.2, 0) is 0 Å². The Labute approximate surface area is 81.8 Å². The van der Waals surface area contributed by atoms with Gasteiger partial charge in [0, 0.05) is 11.6 Å². The maximum absolute atomic E-state index is 12.2. The van der Waals surface area contributed by atoms with Crippen LogP contribution in [0.5, 0.6) is 0 Å². The molecule has 14 heavy (non-hydrogen) atoms. The van der Waals surface area contributed by atoms with Gasteiger partial charge in [-0.05, 0) is 25.5 Å². The van der Waals surface area contributed by atoms with Gasteiger partial charge < -0.3 is 5.73 Å². The van der Waals surface area contributed by atoms with E-state index < -0.39 is 17.8 Å². The fourth-order valence-electron chi connectivity index (χ4n) is 0.799. The summed E-state index contributed by atoms with van der Waals surface area (Å²) in [5.74, 6) is 0. The van der Waals surface area contributed by atoms with E-state index in [9.17, 15) is 13.2 Å². The zero-order valence-electron chi connectivity index (χ0n) is 8.23. The summed E-state index contributed by atoms with van der Waals surface area (Å²) in [6.07, 6.45) is -0.375. The van der Waals surface area contributed by atoms with Crippen LogP contribution in [0.4, 0.5) is 13.2 Å². The van der Waals surface area contributed by atoms with Gasteiger partial charge in [0.2, 0.25) is 0 Å². The van der Waals surface area contributed by atoms with Crippen molar-refractivity contribution in [2.75, 3.05) is 0 Å². The number of allylic oxidation sites excluding steroid dienone is 3. The maximum Gasteiger partial charge on any atom is 0.412 e. The van der Waals surface area contributed by atoms with Crippen LogP contribution in [0.2, 0.25) is 0 Å². The van der Waals surface area contributed by atoms with Crippen LogP contribution < -0.4 is 5.73 Å². The monoisotopic (exact) mass is 205 g/mol. The van der Waals surface area contributed by atoms with E-state index in [0.29, 0.717) is 5.57 Å². The lowest BCUT2D eigenvalue weighted by molar-refractivity contribution is -0.0913. The molecule has 0 spiro atoms. The van der Waals surface area contributed by atoms with Gasteiger partial charge in [-0.25, -0.2) is 0 Å². The summed E-state index contributed by atoms with van der Waals surface area (Å²) in [6.45, 7) is 6.04. The largest absolute Gasteiger partial charge is 0.412 e. The number of alkyl halides is 3. The number of hydrogen-bond acceptors (Lipinski definition) is 1. The summed E-state index contributed by atoms with van der Waals surface area (Å²) in [4.78, 5) is 0. The lowest BCUT2D eigenvalue weighted by Crippen LogP contribution is -2.18. The predicted molar refractivity (Wildman–Crippen MR) is 51.7 cm³/mol. The molecule has 0 saturated heterocycles. The third-order valence-electron chi connectivity index (χ3n) is 1.67. The summed E-state index contributed by atoms with van der Waals surface area (Å²) >= 11 is 0. The van der Waals surface area contributed by atoms with Gasteiger partial charge in [0.05, 0.1) is 0 Å². The van der Waals surface area contributed by atoms with E-state index in [0.717, 1.165) is 13.0 Å².